The van der Waals surface area contributed by atoms with Gasteiger partial charge in [-0.3, -0.25) is 4.98 Å². The first-order valence-corrected chi connectivity index (χ1v) is 9.40. The number of hydrogen-bond acceptors (Lipinski definition) is 2. The minimum Gasteiger partial charge on any atom is -0.264 e. The maximum absolute atomic E-state index is 5.12. The van der Waals surface area contributed by atoms with Crippen molar-refractivity contribution in [3.63, 3.8) is 0 Å². The third-order valence-electron chi connectivity index (χ3n) is 5.29. The second-order valence-electron chi connectivity index (χ2n) is 7.17. The highest BCUT2D eigenvalue weighted by Gasteiger charge is 2.19. The zero-order chi connectivity index (χ0) is 19.1. The molecule has 0 N–H and O–H groups in total. The van der Waals surface area contributed by atoms with E-state index in [2.05, 4.69) is 90.4 Å². The van der Waals surface area contributed by atoms with E-state index in [9.17, 15) is 0 Å². The fraction of sp³-hybridized carbons (Fsp3) is 0.0800. The summed E-state index contributed by atoms with van der Waals surface area (Å²) in [6.07, 6.45) is 5.87. The second-order valence-corrected chi connectivity index (χ2v) is 7.17. The Morgan fingerprint density at radius 3 is 2.54 bits per heavy atom. The predicted octanol–water partition coefficient (Wildman–Crippen LogP) is 5.25. The summed E-state index contributed by atoms with van der Waals surface area (Å²) in [6, 6.07) is 23.3. The Bertz CT molecular complexity index is 1320. The molecular weight excluding hydrogens is 342 g/mol. The van der Waals surface area contributed by atoms with Crippen LogP contribution in [0.5, 0.6) is 0 Å². The van der Waals surface area contributed by atoms with E-state index in [1.165, 1.54) is 16.3 Å². The van der Waals surface area contributed by atoms with Crippen molar-refractivity contribution in [3.8, 4) is 22.5 Å². The molecule has 2 heterocycles. The van der Waals surface area contributed by atoms with E-state index in [4.69, 9.17) is 4.98 Å². The summed E-state index contributed by atoms with van der Waals surface area (Å²) in [4.78, 5) is 9.37. The molecule has 0 aliphatic rings. The maximum atomic E-state index is 5.12. The third kappa shape index (κ3) is 2.72. The minimum atomic E-state index is 0.965. The second kappa shape index (κ2) is 6.54. The Morgan fingerprint density at radius 2 is 1.68 bits per heavy atom. The van der Waals surface area contributed by atoms with Crippen molar-refractivity contribution in [2.45, 2.75) is 6.92 Å². The van der Waals surface area contributed by atoms with E-state index in [0.717, 1.165) is 33.4 Å². The van der Waals surface area contributed by atoms with Crippen LogP contribution in [0.1, 0.15) is 5.56 Å². The number of aromatic nitrogens is 3. The van der Waals surface area contributed by atoms with Crippen molar-refractivity contribution in [2.24, 2.45) is 7.05 Å². The number of benzene rings is 3. The van der Waals surface area contributed by atoms with Crippen LogP contribution in [0.3, 0.4) is 0 Å². The Kier molecular flexibility index (Phi) is 3.87. The molecule has 0 amide bonds. The molecule has 0 spiro atoms. The summed E-state index contributed by atoms with van der Waals surface area (Å²) in [5.74, 6) is 0.965. The normalized spacial score (nSPS) is 11.2. The Morgan fingerprint density at radius 1 is 0.821 bits per heavy atom. The summed E-state index contributed by atoms with van der Waals surface area (Å²) >= 11 is 0. The zero-order valence-corrected chi connectivity index (χ0v) is 15.9. The first-order chi connectivity index (χ1) is 13.7. The average molecular weight is 362 g/mol. The van der Waals surface area contributed by atoms with Crippen LogP contribution >= 0.6 is 0 Å². The van der Waals surface area contributed by atoms with Crippen molar-refractivity contribution in [3.05, 3.63) is 90.9 Å². The van der Waals surface area contributed by atoms with Gasteiger partial charge in [0.05, 0.1) is 18.0 Å². The summed E-state index contributed by atoms with van der Waals surface area (Å²) in [5.41, 5.74) is 5.64. The van der Waals surface area contributed by atoms with E-state index in [1.54, 1.807) is 6.20 Å². The van der Waals surface area contributed by atoms with Gasteiger partial charge in [-0.05, 0) is 52.7 Å². The molecule has 134 valence electrons. The first-order valence-electron chi connectivity index (χ1n) is 9.40. The van der Waals surface area contributed by atoms with E-state index < -0.39 is 0 Å². The monoisotopic (exact) mass is 362 g/mol. The lowest BCUT2D eigenvalue weighted by atomic mass is 10.00. The summed E-state index contributed by atoms with van der Waals surface area (Å²) in [5, 5.41) is 3.54. The van der Waals surface area contributed by atoms with E-state index >= 15 is 0 Å². The number of pyridine rings is 1. The van der Waals surface area contributed by atoms with Crippen LogP contribution in [0.2, 0.25) is 0 Å². The maximum Gasteiger partial charge on any atom is 0.331 e. The lowest BCUT2D eigenvalue weighted by Gasteiger charge is -2.08. The Balaban J connectivity index is 1.77. The van der Waals surface area contributed by atoms with E-state index in [0.29, 0.717) is 0 Å². The highest BCUT2D eigenvalue weighted by molar-refractivity contribution is 6.05. The molecule has 3 heteroatoms. The average Bonchev–Trinajstić information content (AvgIpc) is 2.74. The van der Waals surface area contributed by atoms with Crippen LogP contribution in [0.25, 0.3) is 44.2 Å². The van der Waals surface area contributed by atoms with Crippen LogP contribution in [-0.2, 0) is 7.05 Å². The van der Waals surface area contributed by atoms with Crippen LogP contribution in [0.4, 0.5) is 0 Å². The SMILES string of the molecule is Cc1ccc(-c2cccnc2)cc1-c1nc2c(ccc3ccccc32)c[n+]1C. The molecule has 5 aromatic rings. The van der Waals surface area contributed by atoms with Crippen molar-refractivity contribution < 1.29 is 4.57 Å². The zero-order valence-electron chi connectivity index (χ0n) is 15.9. The Labute approximate surface area is 164 Å². The largest absolute Gasteiger partial charge is 0.331 e. The molecule has 28 heavy (non-hydrogen) atoms. The van der Waals surface area contributed by atoms with E-state index in [1.807, 2.05) is 12.3 Å². The number of rotatable bonds is 2. The number of fused-ring (bicyclic) bond motifs is 3. The van der Waals surface area contributed by atoms with Gasteiger partial charge >= 0.3 is 5.82 Å². The first kappa shape index (κ1) is 16.6. The van der Waals surface area contributed by atoms with Crippen molar-refractivity contribution in [1.82, 2.24) is 9.97 Å². The highest BCUT2D eigenvalue weighted by Crippen LogP contribution is 2.29. The van der Waals surface area contributed by atoms with Gasteiger partial charge in [-0.1, -0.05) is 42.5 Å². The standard InChI is InChI=1S/C25H20N3/c1-17-9-10-19(20-7-5-13-26-15-20)14-23(17)25-27-24-21(16-28(25)2)12-11-18-6-3-4-8-22(18)24/h3-16H,1-2H3/q+1. The van der Waals surface area contributed by atoms with Gasteiger partial charge in [0.1, 0.15) is 6.20 Å². The molecule has 2 aromatic heterocycles. The topological polar surface area (TPSA) is 29.7 Å². The Hall–Kier alpha value is -3.59. The molecule has 0 fully saturated rings. The van der Waals surface area contributed by atoms with Gasteiger partial charge in [0, 0.05) is 23.3 Å². The molecule has 0 bridgehead atoms. The molecule has 3 nitrogen and oxygen atoms in total. The lowest BCUT2D eigenvalue weighted by molar-refractivity contribution is -0.661. The van der Waals surface area contributed by atoms with Gasteiger partial charge < -0.3 is 0 Å². The predicted molar refractivity (Wildman–Crippen MR) is 114 cm³/mol. The molecule has 0 saturated heterocycles. The van der Waals surface area contributed by atoms with Crippen molar-refractivity contribution in [1.29, 1.82) is 0 Å². The molecule has 0 atom stereocenters. The van der Waals surface area contributed by atoms with Crippen LogP contribution in [0.15, 0.2) is 85.3 Å². The number of aryl methyl sites for hydroxylation is 2. The molecule has 0 unspecified atom stereocenters. The van der Waals surface area contributed by atoms with Crippen molar-refractivity contribution in [2.75, 3.05) is 0 Å². The van der Waals surface area contributed by atoms with E-state index in [-0.39, 0.29) is 0 Å². The quantitative estimate of drug-likeness (QED) is 0.317. The summed E-state index contributed by atoms with van der Waals surface area (Å²) < 4.78 is 2.12. The van der Waals surface area contributed by atoms with Gasteiger partial charge in [0.15, 0.2) is 5.52 Å². The van der Waals surface area contributed by atoms with Crippen molar-refractivity contribution >= 4 is 21.7 Å². The molecule has 0 radical (unpaired) electrons. The van der Waals surface area contributed by atoms with Crippen LogP contribution in [0, 0.1) is 6.92 Å². The number of hydrogen-bond donors (Lipinski definition) is 0. The third-order valence-corrected chi connectivity index (χ3v) is 5.29. The van der Waals surface area contributed by atoms with Gasteiger partial charge in [-0.2, -0.15) is 0 Å². The summed E-state index contributed by atoms with van der Waals surface area (Å²) in [7, 11) is 2.06. The van der Waals surface area contributed by atoms with Gasteiger partial charge in [-0.15, -0.1) is 0 Å². The van der Waals surface area contributed by atoms with Crippen LogP contribution in [-0.4, -0.2) is 9.97 Å². The smallest absolute Gasteiger partial charge is 0.264 e. The molecule has 0 aliphatic carbocycles. The molecular formula is C25H20N3+. The molecule has 5 rings (SSSR count). The lowest BCUT2D eigenvalue weighted by Crippen LogP contribution is -2.32. The highest BCUT2D eigenvalue weighted by atomic mass is 15.0. The fourth-order valence-electron chi connectivity index (χ4n) is 3.78. The fourth-order valence-corrected chi connectivity index (χ4v) is 3.78. The van der Waals surface area contributed by atoms with Gasteiger partial charge in [-0.25, -0.2) is 4.57 Å². The van der Waals surface area contributed by atoms with Crippen LogP contribution < -0.4 is 4.57 Å². The molecule has 0 saturated carbocycles. The van der Waals surface area contributed by atoms with Gasteiger partial charge in [0.25, 0.3) is 0 Å². The van der Waals surface area contributed by atoms with Gasteiger partial charge in [0.2, 0.25) is 0 Å². The summed E-state index contributed by atoms with van der Waals surface area (Å²) in [6.45, 7) is 2.14. The minimum absolute atomic E-state index is 0.965. The molecule has 3 aromatic carbocycles. The number of nitrogens with zero attached hydrogens (tertiary/aromatic N) is 3. The molecule has 0 aliphatic heterocycles.